The number of piperidine rings is 2. The van der Waals surface area contributed by atoms with E-state index in [0.717, 1.165) is 25.9 Å². The van der Waals surface area contributed by atoms with Crippen LogP contribution in [0.15, 0.2) is 0 Å². The van der Waals surface area contributed by atoms with Crippen LogP contribution in [0.2, 0.25) is 0 Å². The SMILES string of the molecule is CC1(C)C2CNC(C(=O)NC(N)CC3CCCNC3=O)C21. The van der Waals surface area contributed by atoms with Crippen molar-refractivity contribution in [2.75, 3.05) is 13.1 Å². The van der Waals surface area contributed by atoms with Gasteiger partial charge in [0.1, 0.15) is 0 Å². The lowest BCUT2D eigenvalue weighted by atomic mass is 9.94. The second kappa shape index (κ2) is 5.25. The Morgan fingerprint density at radius 1 is 1.52 bits per heavy atom. The summed E-state index contributed by atoms with van der Waals surface area (Å²) >= 11 is 0. The number of nitrogens with two attached hydrogens (primary N) is 1. The Bertz CT molecular complexity index is 451. The molecule has 3 aliphatic rings. The molecule has 0 spiro atoms. The summed E-state index contributed by atoms with van der Waals surface area (Å²) in [4.78, 5) is 24.1. The fraction of sp³-hybridized carbons (Fsp3) is 0.867. The third-order valence-corrected chi connectivity index (χ3v) is 5.60. The first-order valence-electron chi connectivity index (χ1n) is 7.98. The third-order valence-electron chi connectivity index (χ3n) is 5.60. The molecule has 5 N–H and O–H groups in total. The van der Waals surface area contributed by atoms with Gasteiger partial charge in [0, 0.05) is 12.5 Å². The van der Waals surface area contributed by atoms with Crippen LogP contribution in [0.5, 0.6) is 0 Å². The van der Waals surface area contributed by atoms with Crippen molar-refractivity contribution in [1.29, 1.82) is 0 Å². The summed E-state index contributed by atoms with van der Waals surface area (Å²) in [5.41, 5.74) is 6.29. The van der Waals surface area contributed by atoms with E-state index in [1.165, 1.54) is 0 Å². The monoisotopic (exact) mass is 294 g/mol. The lowest BCUT2D eigenvalue weighted by Crippen LogP contribution is -2.52. The summed E-state index contributed by atoms with van der Waals surface area (Å²) in [6.45, 7) is 6.10. The molecule has 0 aromatic rings. The first-order valence-corrected chi connectivity index (χ1v) is 7.98. The van der Waals surface area contributed by atoms with Crippen LogP contribution >= 0.6 is 0 Å². The molecule has 3 rings (SSSR count). The Kier molecular flexibility index (Phi) is 3.69. The zero-order valence-electron chi connectivity index (χ0n) is 12.8. The summed E-state index contributed by atoms with van der Waals surface area (Å²) in [5, 5.41) is 9.01. The maximum Gasteiger partial charge on any atom is 0.238 e. The lowest BCUT2D eigenvalue weighted by molar-refractivity contribution is -0.128. The molecule has 5 unspecified atom stereocenters. The van der Waals surface area contributed by atoms with Gasteiger partial charge in [-0.15, -0.1) is 0 Å². The molecule has 0 radical (unpaired) electrons. The molecule has 6 nitrogen and oxygen atoms in total. The molecule has 2 aliphatic heterocycles. The van der Waals surface area contributed by atoms with Gasteiger partial charge in [0.25, 0.3) is 0 Å². The predicted molar refractivity (Wildman–Crippen MR) is 79.0 cm³/mol. The maximum absolute atomic E-state index is 12.3. The van der Waals surface area contributed by atoms with E-state index >= 15 is 0 Å². The normalized spacial score (nSPS) is 38.3. The van der Waals surface area contributed by atoms with Crippen molar-refractivity contribution in [3.63, 3.8) is 0 Å². The van der Waals surface area contributed by atoms with Crippen LogP contribution in [0.1, 0.15) is 33.1 Å². The number of nitrogens with one attached hydrogen (secondary N) is 3. The molecule has 1 aliphatic carbocycles. The molecule has 118 valence electrons. The fourth-order valence-electron chi connectivity index (χ4n) is 4.17. The highest BCUT2D eigenvalue weighted by Gasteiger charge is 2.65. The van der Waals surface area contributed by atoms with Crippen LogP contribution in [0, 0.1) is 23.2 Å². The molecule has 2 amide bonds. The average molecular weight is 294 g/mol. The van der Waals surface area contributed by atoms with Gasteiger partial charge < -0.3 is 21.7 Å². The van der Waals surface area contributed by atoms with E-state index in [4.69, 9.17) is 5.73 Å². The Labute approximate surface area is 125 Å². The number of rotatable bonds is 4. The molecule has 0 aromatic carbocycles. The molecule has 6 heteroatoms. The second-order valence-corrected chi connectivity index (χ2v) is 7.32. The number of hydrogen-bond donors (Lipinski definition) is 4. The van der Waals surface area contributed by atoms with Crippen molar-refractivity contribution in [2.24, 2.45) is 28.9 Å². The molecular weight excluding hydrogens is 268 g/mol. The summed E-state index contributed by atoms with van der Waals surface area (Å²) in [5.74, 6) is 0.997. The smallest absolute Gasteiger partial charge is 0.238 e. The van der Waals surface area contributed by atoms with Crippen LogP contribution < -0.4 is 21.7 Å². The molecule has 0 aromatic heterocycles. The number of fused-ring (bicyclic) bond motifs is 1. The minimum atomic E-state index is -0.450. The quantitative estimate of drug-likeness (QED) is 0.528. The Hall–Kier alpha value is -1.14. The molecule has 2 heterocycles. The highest BCUT2D eigenvalue weighted by atomic mass is 16.2. The van der Waals surface area contributed by atoms with Gasteiger partial charge in [-0.25, -0.2) is 0 Å². The van der Waals surface area contributed by atoms with E-state index in [0.29, 0.717) is 18.3 Å². The maximum atomic E-state index is 12.3. The van der Waals surface area contributed by atoms with Crippen LogP contribution in [0.4, 0.5) is 0 Å². The van der Waals surface area contributed by atoms with Gasteiger partial charge in [-0.1, -0.05) is 13.8 Å². The topological polar surface area (TPSA) is 96.2 Å². The minimum Gasteiger partial charge on any atom is -0.356 e. The lowest BCUT2D eigenvalue weighted by Gasteiger charge is -2.26. The molecule has 1 saturated carbocycles. The van der Waals surface area contributed by atoms with E-state index < -0.39 is 6.17 Å². The standard InChI is InChI=1S/C15H26N4O2/c1-15(2)9-7-18-12(11(9)15)14(21)19-10(16)6-8-4-3-5-17-13(8)20/h8-12,18H,3-7,16H2,1-2H3,(H,17,20)(H,19,21). The summed E-state index contributed by atoms with van der Waals surface area (Å²) in [7, 11) is 0. The van der Waals surface area contributed by atoms with E-state index in [1.54, 1.807) is 0 Å². The first kappa shape index (κ1) is 14.8. The predicted octanol–water partition coefficient (Wildman–Crippen LogP) is -0.452. The first-order chi connectivity index (χ1) is 9.91. The highest BCUT2D eigenvalue weighted by molar-refractivity contribution is 5.84. The highest BCUT2D eigenvalue weighted by Crippen LogP contribution is 2.62. The van der Waals surface area contributed by atoms with Crippen molar-refractivity contribution < 1.29 is 9.59 Å². The second-order valence-electron chi connectivity index (χ2n) is 7.32. The summed E-state index contributed by atoms with van der Waals surface area (Å²) < 4.78 is 0. The number of carbonyl (C=O) groups excluding carboxylic acids is 2. The van der Waals surface area contributed by atoms with Gasteiger partial charge in [-0.2, -0.15) is 0 Å². The fourth-order valence-corrected chi connectivity index (χ4v) is 4.17. The molecule has 0 bridgehead atoms. The van der Waals surface area contributed by atoms with E-state index in [2.05, 4.69) is 29.8 Å². The third kappa shape index (κ3) is 2.66. The van der Waals surface area contributed by atoms with Gasteiger partial charge in [0.05, 0.1) is 12.2 Å². The number of amides is 2. The van der Waals surface area contributed by atoms with Crippen LogP contribution in [0.25, 0.3) is 0 Å². The molecular formula is C15H26N4O2. The Morgan fingerprint density at radius 2 is 2.29 bits per heavy atom. The largest absolute Gasteiger partial charge is 0.356 e. The molecule has 5 atom stereocenters. The van der Waals surface area contributed by atoms with E-state index in [-0.39, 0.29) is 29.2 Å². The zero-order chi connectivity index (χ0) is 15.2. The van der Waals surface area contributed by atoms with Crippen molar-refractivity contribution >= 4 is 11.8 Å². The van der Waals surface area contributed by atoms with Crippen molar-refractivity contribution in [2.45, 2.75) is 45.3 Å². The Balaban J connectivity index is 1.50. The van der Waals surface area contributed by atoms with Crippen LogP contribution in [-0.2, 0) is 9.59 Å². The van der Waals surface area contributed by atoms with Gasteiger partial charge >= 0.3 is 0 Å². The molecule has 21 heavy (non-hydrogen) atoms. The van der Waals surface area contributed by atoms with Crippen molar-refractivity contribution in [1.82, 2.24) is 16.0 Å². The zero-order valence-corrected chi connectivity index (χ0v) is 12.8. The molecule has 2 saturated heterocycles. The van der Waals surface area contributed by atoms with Gasteiger partial charge in [0.2, 0.25) is 11.8 Å². The van der Waals surface area contributed by atoms with Crippen molar-refractivity contribution in [3.8, 4) is 0 Å². The average Bonchev–Trinajstić information content (AvgIpc) is 2.79. The van der Waals surface area contributed by atoms with Gasteiger partial charge in [-0.3, -0.25) is 9.59 Å². The summed E-state index contributed by atoms with van der Waals surface area (Å²) in [6, 6.07) is -0.128. The van der Waals surface area contributed by atoms with Gasteiger partial charge in [0.15, 0.2) is 0 Å². The minimum absolute atomic E-state index is 0.0169. The number of hydrogen-bond acceptors (Lipinski definition) is 4. The van der Waals surface area contributed by atoms with Gasteiger partial charge in [-0.05, 0) is 43.1 Å². The number of carbonyl (C=O) groups is 2. The summed E-state index contributed by atoms with van der Waals surface area (Å²) in [6.07, 6.45) is 1.91. The van der Waals surface area contributed by atoms with E-state index in [1.807, 2.05) is 0 Å². The Morgan fingerprint density at radius 3 is 2.90 bits per heavy atom. The van der Waals surface area contributed by atoms with E-state index in [9.17, 15) is 9.59 Å². The van der Waals surface area contributed by atoms with Crippen LogP contribution in [0.3, 0.4) is 0 Å². The van der Waals surface area contributed by atoms with Crippen molar-refractivity contribution in [3.05, 3.63) is 0 Å². The molecule has 3 fully saturated rings. The van der Waals surface area contributed by atoms with Crippen LogP contribution in [-0.4, -0.2) is 37.1 Å².